The molecule has 58 valence electrons. The minimum atomic E-state index is -0.230. The van der Waals surface area contributed by atoms with Crippen LogP contribution in [0.5, 0.6) is 0 Å². The van der Waals surface area contributed by atoms with Crippen LogP contribution in [0.15, 0.2) is 0 Å². The molecular formula is C7H12O3. The van der Waals surface area contributed by atoms with Crippen LogP contribution in [-0.4, -0.2) is 30.2 Å². The van der Waals surface area contributed by atoms with Crippen LogP contribution >= 0.6 is 0 Å². The maximum absolute atomic E-state index is 9.40. The van der Waals surface area contributed by atoms with Gasteiger partial charge in [0.05, 0.1) is 18.8 Å². The van der Waals surface area contributed by atoms with Gasteiger partial charge in [0.25, 0.3) is 0 Å². The van der Waals surface area contributed by atoms with Gasteiger partial charge in [-0.1, -0.05) is 6.92 Å². The first-order chi connectivity index (χ1) is 4.77. The molecule has 0 aliphatic carbocycles. The third-order valence-corrected chi connectivity index (χ3v) is 2.40. The molecule has 0 aromatic carbocycles. The van der Waals surface area contributed by atoms with E-state index in [2.05, 4.69) is 0 Å². The van der Waals surface area contributed by atoms with Gasteiger partial charge in [0, 0.05) is 12.3 Å². The second-order valence-corrected chi connectivity index (χ2v) is 3.10. The average molecular weight is 144 g/mol. The number of aliphatic hydroxyl groups is 1. The van der Waals surface area contributed by atoms with Gasteiger partial charge in [-0.05, 0) is 0 Å². The molecule has 0 amide bonds. The van der Waals surface area contributed by atoms with Crippen LogP contribution in [0.1, 0.15) is 13.3 Å². The Kier molecular flexibility index (Phi) is 1.44. The minimum Gasteiger partial charge on any atom is -0.393 e. The molecule has 1 N–H and O–H groups in total. The van der Waals surface area contributed by atoms with Crippen molar-refractivity contribution in [3.8, 4) is 0 Å². The van der Waals surface area contributed by atoms with Crippen LogP contribution < -0.4 is 0 Å². The summed E-state index contributed by atoms with van der Waals surface area (Å²) < 4.78 is 10.6. The lowest BCUT2D eigenvalue weighted by molar-refractivity contribution is -0.138. The normalized spacial score (nSPS) is 53.4. The molecule has 0 spiro atoms. The molecule has 2 bridgehead atoms. The predicted molar refractivity (Wildman–Crippen MR) is 34.4 cm³/mol. The van der Waals surface area contributed by atoms with Crippen molar-refractivity contribution in [2.75, 3.05) is 6.61 Å². The van der Waals surface area contributed by atoms with Crippen molar-refractivity contribution in [1.29, 1.82) is 0 Å². The number of fused-ring (bicyclic) bond motifs is 2. The lowest BCUT2D eigenvalue weighted by atomic mass is 9.95. The van der Waals surface area contributed by atoms with Crippen LogP contribution in [0.4, 0.5) is 0 Å². The molecule has 2 aliphatic heterocycles. The van der Waals surface area contributed by atoms with Crippen LogP contribution in [0.25, 0.3) is 0 Å². The standard InChI is InChI=1S/C7H12O3/c1-4-5(8)2-7-9-3-6(4)10-7/h4-8H,2-3H2,1H3. The molecule has 0 aromatic heterocycles. The summed E-state index contributed by atoms with van der Waals surface area (Å²) in [4.78, 5) is 0. The third kappa shape index (κ3) is 0.856. The number of aliphatic hydroxyl groups excluding tert-OH is 1. The van der Waals surface area contributed by atoms with Gasteiger partial charge in [-0.2, -0.15) is 0 Å². The van der Waals surface area contributed by atoms with Crippen molar-refractivity contribution in [2.24, 2.45) is 5.92 Å². The Labute approximate surface area is 59.9 Å². The van der Waals surface area contributed by atoms with Crippen LogP contribution in [0.3, 0.4) is 0 Å². The van der Waals surface area contributed by atoms with Gasteiger partial charge in [0.2, 0.25) is 0 Å². The Morgan fingerprint density at radius 2 is 2.30 bits per heavy atom. The first-order valence-corrected chi connectivity index (χ1v) is 3.72. The lowest BCUT2D eigenvalue weighted by Crippen LogP contribution is -2.37. The molecule has 2 aliphatic rings. The molecule has 2 heterocycles. The van der Waals surface area contributed by atoms with Crippen molar-refractivity contribution in [3.05, 3.63) is 0 Å². The summed E-state index contributed by atoms with van der Waals surface area (Å²) in [7, 11) is 0. The molecule has 2 rings (SSSR count). The van der Waals surface area contributed by atoms with Gasteiger partial charge in [-0.3, -0.25) is 0 Å². The molecule has 4 unspecified atom stereocenters. The van der Waals surface area contributed by atoms with E-state index in [1.54, 1.807) is 0 Å². The quantitative estimate of drug-likeness (QED) is 0.525. The number of ether oxygens (including phenoxy) is 2. The van der Waals surface area contributed by atoms with Crippen molar-refractivity contribution >= 4 is 0 Å². The monoisotopic (exact) mass is 144 g/mol. The summed E-state index contributed by atoms with van der Waals surface area (Å²) in [5, 5.41) is 9.40. The molecule has 10 heavy (non-hydrogen) atoms. The van der Waals surface area contributed by atoms with Gasteiger partial charge in [0.15, 0.2) is 6.29 Å². The van der Waals surface area contributed by atoms with Gasteiger partial charge < -0.3 is 14.6 Å². The average Bonchev–Trinajstić information content (AvgIpc) is 2.29. The van der Waals surface area contributed by atoms with Gasteiger partial charge in [-0.15, -0.1) is 0 Å². The minimum absolute atomic E-state index is 0.129. The SMILES string of the molecule is CC1C(O)CC2OCC1O2. The second-order valence-electron chi connectivity index (χ2n) is 3.10. The number of rotatable bonds is 0. The zero-order chi connectivity index (χ0) is 7.14. The maximum atomic E-state index is 9.40. The molecule has 2 fully saturated rings. The Hall–Kier alpha value is -0.120. The fraction of sp³-hybridized carbons (Fsp3) is 1.00. The zero-order valence-corrected chi connectivity index (χ0v) is 5.99. The molecule has 0 radical (unpaired) electrons. The summed E-state index contributed by atoms with van der Waals surface area (Å²) in [6.07, 6.45) is 0.411. The van der Waals surface area contributed by atoms with Crippen LogP contribution in [-0.2, 0) is 9.47 Å². The van der Waals surface area contributed by atoms with Crippen molar-refractivity contribution < 1.29 is 14.6 Å². The molecule has 3 nitrogen and oxygen atoms in total. The molecule has 3 heteroatoms. The Morgan fingerprint density at radius 3 is 3.10 bits per heavy atom. The van der Waals surface area contributed by atoms with E-state index in [-0.39, 0.29) is 24.4 Å². The highest BCUT2D eigenvalue weighted by atomic mass is 16.7. The topological polar surface area (TPSA) is 38.7 Å². The Balaban J connectivity index is 2.09. The molecule has 0 saturated carbocycles. The predicted octanol–water partition coefficient (Wildman–Crippen LogP) is 0.129. The summed E-state index contributed by atoms with van der Waals surface area (Å²) in [5.74, 6) is 0.235. The lowest BCUT2D eigenvalue weighted by Gasteiger charge is -2.28. The second kappa shape index (κ2) is 2.19. The highest BCUT2D eigenvalue weighted by Gasteiger charge is 2.40. The van der Waals surface area contributed by atoms with Crippen molar-refractivity contribution in [2.45, 2.75) is 31.8 Å². The maximum Gasteiger partial charge on any atom is 0.160 e. The van der Waals surface area contributed by atoms with Crippen molar-refractivity contribution in [1.82, 2.24) is 0 Å². The van der Waals surface area contributed by atoms with E-state index in [9.17, 15) is 5.11 Å². The Bertz CT molecular complexity index is 137. The fourth-order valence-electron chi connectivity index (χ4n) is 1.53. The van der Waals surface area contributed by atoms with Gasteiger partial charge >= 0.3 is 0 Å². The third-order valence-electron chi connectivity index (χ3n) is 2.40. The van der Waals surface area contributed by atoms with E-state index in [1.165, 1.54) is 0 Å². The van der Waals surface area contributed by atoms with E-state index in [4.69, 9.17) is 9.47 Å². The molecule has 2 saturated heterocycles. The van der Waals surface area contributed by atoms with Crippen molar-refractivity contribution in [3.63, 3.8) is 0 Å². The van der Waals surface area contributed by atoms with Gasteiger partial charge in [-0.25, -0.2) is 0 Å². The van der Waals surface area contributed by atoms with E-state index in [1.807, 2.05) is 6.92 Å². The molecule has 4 atom stereocenters. The first kappa shape index (κ1) is 6.58. The summed E-state index contributed by atoms with van der Waals surface area (Å²) in [6.45, 7) is 2.66. The fourth-order valence-corrected chi connectivity index (χ4v) is 1.53. The highest BCUT2D eigenvalue weighted by Crippen LogP contribution is 2.31. The largest absolute Gasteiger partial charge is 0.393 e. The smallest absolute Gasteiger partial charge is 0.160 e. The van der Waals surface area contributed by atoms with Crippen LogP contribution in [0, 0.1) is 5.92 Å². The number of hydrogen-bond acceptors (Lipinski definition) is 3. The van der Waals surface area contributed by atoms with E-state index >= 15 is 0 Å². The van der Waals surface area contributed by atoms with Crippen LogP contribution in [0.2, 0.25) is 0 Å². The van der Waals surface area contributed by atoms with Gasteiger partial charge in [0.1, 0.15) is 0 Å². The molecule has 0 aromatic rings. The van der Waals surface area contributed by atoms with E-state index < -0.39 is 0 Å². The highest BCUT2D eigenvalue weighted by molar-refractivity contribution is 4.83. The summed E-state index contributed by atoms with van der Waals surface area (Å²) in [6, 6.07) is 0. The van der Waals surface area contributed by atoms with E-state index in [0.717, 1.165) is 0 Å². The summed E-state index contributed by atoms with van der Waals surface area (Å²) in [5.41, 5.74) is 0. The Morgan fingerprint density at radius 1 is 1.50 bits per heavy atom. The first-order valence-electron chi connectivity index (χ1n) is 3.72. The molecular weight excluding hydrogens is 132 g/mol. The number of hydrogen-bond donors (Lipinski definition) is 1. The summed E-state index contributed by atoms with van der Waals surface area (Å²) >= 11 is 0. The van der Waals surface area contributed by atoms with E-state index in [0.29, 0.717) is 13.0 Å². The zero-order valence-electron chi connectivity index (χ0n) is 5.99.